The van der Waals surface area contributed by atoms with Crippen molar-refractivity contribution in [1.29, 1.82) is 0 Å². The van der Waals surface area contributed by atoms with E-state index in [0.29, 0.717) is 6.42 Å². The number of carbonyl (C=O) groups is 3. The molecule has 0 fully saturated rings. The molecule has 0 aromatic rings. The van der Waals surface area contributed by atoms with Gasteiger partial charge in [0.15, 0.2) is 5.12 Å². The topological polar surface area (TPSA) is 69.7 Å². The van der Waals surface area contributed by atoms with Crippen molar-refractivity contribution >= 4 is 28.8 Å². The highest BCUT2D eigenvalue weighted by atomic mass is 32.2. The Bertz CT molecular complexity index is 277. The van der Waals surface area contributed by atoms with Crippen molar-refractivity contribution < 1.29 is 23.9 Å². The lowest BCUT2D eigenvalue weighted by molar-refractivity contribution is -0.149. The number of rotatable bonds is 7. The van der Waals surface area contributed by atoms with E-state index in [-0.39, 0.29) is 24.7 Å². The Hall–Kier alpha value is -1.04. The van der Waals surface area contributed by atoms with Crippen LogP contribution >= 0.6 is 11.8 Å². The molecule has 0 rings (SSSR count). The zero-order valence-electron chi connectivity index (χ0n) is 10.4. The first-order valence-electron chi connectivity index (χ1n) is 5.56. The molecule has 0 aliphatic heterocycles. The molecule has 0 spiro atoms. The highest BCUT2D eigenvalue weighted by Crippen LogP contribution is 2.19. The monoisotopic (exact) mass is 262 g/mol. The third-order valence-electron chi connectivity index (χ3n) is 1.77. The summed E-state index contributed by atoms with van der Waals surface area (Å²) < 4.78 is 9.55. The zero-order valence-corrected chi connectivity index (χ0v) is 11.2. The molecule has 0 aromatic heterocycles. The first-order valence-corrected chi connectivity index (χ1v) is 6.44. The maximum Gasteiger partial charge on any atom is 0.320 e. The van der Waals surface area contributed by atoms with Crippen LogP contribution in [-0.2, 0) is 23.9 Å². The van der Waals surface area contributed by atoms with Gasteiger partial charge in [0.1, 0.15) is 5.25 Å². The van der Waals surface area contributed by atoms with Gasteiger partial charge in [0.25, 0.3) is 0 Å². The van der Waals surface area contributed by atoms with Gasteiger partial charge in [0.05, 0.1) is 19.6 Å². The quantitative estimate of drug-likeness (QED) is 0.648. The predicted molar refractivity (Wildman–Crippen MR) is 64.6 cm³/mol. The molecule has 0 heterocycles. The van der Waals surface area contributed by atoms with Gasteiger partial charge in [-0.05, 0) is 13.8 Å². The maximum absolute atomic E-state index is 11.5. The minimum atomic E-state index is -0.804. The normalized spacial score (nSPS) is 11.7. The molecule has 6 heteroatoms. The Labute approximate surface area is 105 Å². The van der Waals surface area contributed by atoms with E-state index < -0.39 is 17.2 Å². The number of thioether (sulfide) groups is 1. The van der Waals surface area contributed by atoms with Gasteiger partial charge in [-0.2, -0.15) is 0 Å². The number of hydrogen-bond acceptors (Lipinski definition) is 6. The highest BCUT2D eigenvalue weighted by molar-refractivity contribution is 8.14. The van der Waals surface area contributed by atoms with Crippen LogP contribution in [0.1, 0.15) is 33.6 Å². The summed E-state index contributed by atoms with van der Waals surface area (Å²) in [6, 6.07) is 0. The lowest BCUT2D eigenvalue weighted by Gasteiger charge is -2.13. The second kappa shape index (κ2) is 9.04. The van der Waals surface area contributed by atoms with Crippen LogP contribution in [0.4, 0.5) is 0 Å². The van der Waals surface area contributed by atoms with E-state index in [9.17, 15) is 14.4 Å². The van der Waals surface area contributed by atoms with Crippen molar-refractivity contribution in [3.63, 3.8) is 0 Å². The molecular formula is C11H18O5S. The molecule has 0 aliphatic rings. The SMILES string of the molecule is CCOC(=O)CC(SC(=O)CC)C(=O)OCC. The molecular weight excluding hydrogens is 244 g/mol. The van der Waals surface area contributed by atoms with Gasteiger partial charge in [-0.3, -0.25) is 14.4 Å². The molecule has 0 radical (unpaired) electrons. The molecule has 0 saturated carbocycles. The third-order valence-corrected chi connectivity index (χ3v) is 2.96. The van der Waals surface area contributed by atoms with Crippen LogP contribution in [0.15, 0.2) is 0 Å². The first kappa shape index (κ1) is 16.0. The fraction of sp³-hybridized carbons (Fsp3) is 0.727. The van der Waals surface area contributed by atoms with Gasteiger partial charge in [0.2, 0.25) is 0 Å². The summed E-state index contributed by atoms with van der Waals surface area (Å²) in [5.74, 6) is -1.05. The zero-order chi connectivity index (χ0) is 13.3. The lowest BCUT2D eigenvalue weighted by atomic mass is 10.3. The molecule has 17 heavy (non-hydrogen) atoms. The van der Waals surface area contributed by atoms with Crippen LogP contribution in [0.25, 0.3) is 0 Å². The van der Waals surface area contributed by atoms with Gasteiger partial charge < -0.3 is 9.47 Å². The summed E-state index contributed by atoms with van der Waals surface area (Å²) in [5, 5.41) is -0.950. The van der Waals surface area contributed by atoms with Crippen molar-refractivity contribution in [2.45, 2.75) is 38.9 Å². The average Bonchev–Trinajstić information content (AvgIpc) is 2.28. The van der Waals surface area contributed by atoms with Crippen LogP contribution in [0.3, 0.4) is 0 Å². The van der Waals surface area contributed by atoms with E-state index in [1.54, 1.807) is 20.8 Å². The smallest absolute Gasteiger partial charge is 0.320 e. The van der Waals surface area contributed by atoms with Crippen molar-refractivity contribution in [1.82, 2.24) is 0 Å². The summed E-state index contributed by atoms with van der Waals surface area (Å²) in [6.45, 7) is 5.52. The third kappa shape index (κ3) is 6.99. The van der Waals surface area contributed by atoms with E-state index >= 15 is 0 Å². The number of esters is 2. The van der Waals surface area contributed by atoms with E-state index in [2.05, 4.69) is 0 Å². The summed E-state index contributed by atoms with van der Waals surface area (Å²) in [4.78, 5) is 34.1. The Balaban J connectivity index is 4.44. The minimum absolute atomic E-state index is 0.136. The van der Waals surface area contributed by atoms with Crippen molar-refractivity contribution in [2.24, 2.45) is 0 Å². The lowest BCUT2D eigenvalue weighted by Crippen LogP contribution is -2.25. The molecule has 0 aromatic carbocycles. The molecule has 0 amide bonds. The first-order chi connectivity index (χ1) is 8.04. The summed E-state index contributed by atoms with van der Waals surface area (Å²) in [5.41, 5.74) is 0. The number of carbonyl (C=O) groups excluding carboxylic acids is 3. The Morgan fingerprint density at radius 2 is 1.65 bits per heavy atom. The molecule has 0 bridgehead atoms. The second-order valence-corrected chi connectivity index (χ2v) is 4.35. The van der Waals surface area contributed by atoms with Crippen LogP contribution < -0.4 is 0 Å². The Kier molecular flexibility index (Phi) is 8.49. The Morgan fingerprint density at radius 3 is 2.12 bits per heavy atom. The van der Waals surface area contributed by atoms with E-state index in [4.69, 9.17) is 9.47 Å². The van der Waals surface area contributed by atoms with Gasteiger partial charge in [0, 0.05) is 6.42 Å². The largest absolute Gasteiger partial charge is 0.466 e. The van der Waals surface area contributed by atoms with Crippen molar-refractivity contribution in [2.75, 3.05) is 13.2 Å². The highest BCUT2D eigenvalue weighted by Gasteiger charge is 2.26. The van der Waals surface area contributed by atoms with Crippen LogP contribution in [0.2, 0.25) is 0 Å². The van der Waals surface area contributed by atoms with Crippen molar-refractivity contribution in [3.05, 3.63) is 0 Å². The van der Waals surface area contributed by atoms with Gasteiger partial charge >= 0.3 is 11.9 Å². The summed E-state index contributed by atoms with van der Waals surface area (Å²) in [6.07, 6.45) is 0.173. The molecule has 98 valence electrons. The Morgan fingerprint density at radius 1 is 1.06 bits per heavy atom. The number of hydrogen-bond donors (Lipinski definition) is 0. The molecule has 5 nitrogen and oxygen atoms in total. The summed E-state index contributed by atoms with van der Waals surface area (Å²) in [7, 11) is 0. The molecule has 0 saturated heterocycles. The molecule has 0 N–H and O–H groups in total. The van der Waals surface area contributed by atoms with E-state index in [1.165, 1.54) is 0 Å². The second-order valence-electron chi connectivity index (χ2n) is 3.09. The fourth-order valence-electron chi connectivity index (χ4n) is 1.02. The van der Waals surface area contributed by atoms with Crippen molar-refractivity contribution in [3.8, 4) is 0 Å². The van der Waals surface area contributed by atoms with E-state index in [0.717, 1.165) is 11.8 Å². The van der Waals surface area contributed by atoms with Crippen LogP contribution in [-0.4, -0.2) is 35.5 Å². The van der Waals surface area contributed by atoms with Crippen LogP contribution in [0.5, 0.6) is 0 Å². The van der Waals surface area contributed by atoms with E-state index in [1.807, 2.05) is 0 Å². The number of ether oxygens (including phenoxy) is 2. The molecule has 0 aliphatic carbocycles. The maximum atomic E-state index is 11.5. The fourth-order valence-corrected chi connectivity index (χ4v) is 1.89. The predicted octanol–water partition coefficient (Wildman–Crippen LogP) is 1.54. The van der Waals surface area contributed by atoms with Crippen LogP contribution in [0, 0.1) is 0 Å². The molecule has 1 unspecified atom stereocenters. The molecule has 1 atom stereocenters. The van der Waals surface area contributed by atoms with Gasteiger partial charge in [-0.1, -0.05) is 18.7 Å². The summed E-state index contributed by atoms with van der Waals surface area (Å²) >= 11 is 0.833. The standard InChI is InChI=1S/C11H18O5S/c1-4-10(13)17-8(11(14)16-6-3)7-9(12)15-5-2/h8H,4-7H2,1-3H3. The minimum Gasteiger partial charge on any atom is -0.466 e. The average molecular weight is 262 g/mol. The van der Waals surface area contributed by atoms with Gasteiger partial charge in [-0.25, -0.2) is 0 Å². The van der Waals surface area contributed by atoms with Gasteiger partial charge in [-0.15, -0.1) is 0 Å².